The molecule has 1 N–H and O–H groups in total. The van der Waals surface area contributed by atoms with Crippen LogP contribution in [0, 0.1) is 0 Å². The van der Waals surface area contributed by atoms with Gasteiger partial charge >= 0.3 is 0 Å². The van der Waals surface area contributed by atoms with E-state index in [1.165, 1.54) is 0 Å². The molecule has 0 aromatic heterocycles. The summed E-state index contributed by atoms with van der Waals surface area (Å²) in [5, 5.41) is 2.96. The standard InChI is InChI=1S/C29H34N2O2/c1-22(2)30-29(33)23(3)31(20-19-24-13-7-4-8-14-24)28(32)21-27(25-15-9-5-10-16-25)26-17-11-6-12-18-26/h4-18,22-23,27H,19-21H2,1-3H3,(H,30,33)/t23-/m0/s1. The van der Waals surface area contributed by atoms with Crippen LogP contribution in [0.1, 0.15) is 49.8 Å². The molecule has 0 aliphatic carbocycles. The minimum Gasteiger partial charge on any atom is -0.352 e. The van der Waals surface area contributed by atoms with Crippen molar-refractivity contribution in [1.29, 1.82) is 0 Å². The van der Waals surface area contributed by atoms with E-state index in [1.807, 2.05) is 75.4 Å². The molecule has 0 spiro atoms. The van der Waals surface area contributed by atoms with Crippen molar-refractivity contribution >= 4 is 11.8 Å². The first-order valence-electron chi connectivity index (χ1n) is 11.7. The average molecular weight is 443 g/mol. The zero-order chi connectivity index (χ0) is 23.6. The molecule has 0 saturated heterocycles. The van der Waals surface area contributed by atoms with Gasteiger partial charge in [0.15, 0.2) is 0 Å². The number of amides is 2. The van der Waals surface area contributed by atoms with Crippen molar-refractivity contribution < 1.29 is 9.59 Å². The van der Waals surface area contributed by atoms with E-state index in [1.54, 1.807) is 4.90 Å². The molecule has 4 heteroatoms. The van der Waals surface area contributed by atoms with Gasteiger partial charge in [0, 0.05) is 24.9 Å². The molecule has 0 heterocycles. The molecular formula is C29H34N2O2. The maximum atomic E-state index is 13.7. The second kappa shape index (κ2) is 12.0. The molecule has 3 aromatic carbocycles. The first-order valence-corrected chi connectivity index (χ1v) is 11.7. The van der Waals surface area contributed by atoms with E-state index in [-0.39, 0.29) is 23.8 Å². The largest absolute Gasteiger partial charge is 0.352 e. The van der Waals surface area contributed by atoms with E-state index in [2.05, 4.69) is 41.7 Å². The summed E-state index contributed by atoms with van der Waals surface area (Å²) in [6.07, 6.45) is 1.01. The molecule has 0 aliphatic rings. The van der Waals surface area contributed by atoms with Crippen LogP contribution in [0.15, 0.2) is 91.0 Å². The van der Waals surface area contributed by atoms with Gasteiger partial charge in [0.05, 0.1) is 0 Å². The highest BCUT2D eigenvalue weighted by molar-refractivity contribution is 5.88. The lowest BCUT2D eigenvalue weighted by Crippen LogP contribution is -2.50. The van der Waals surface area contributed by atoms with Gasteiger partial charge in [0.2, 0.25) is 11.8 Å². The third-order valence-electron chi connectivity index (χ3n) is 5.87. The molecule has 33 heavy (non-hydrogen) atoms. The van der Waals surface area contributed by atoms with Gasteiger partial charge in [0.1, 0.15) is 6.04 Å². The lowest BCUT2D eigenvalue weighted by atomic mass is 9.88. The summed E-state index contributed by atoms with van der Waals surface area (Å²) >= 11 is 0. The van der Waals surface area contributed by atoms with E-state index in [4.69, 9.17) is 0 Å². The zero-order valence-electron chi connectivity index (χ0n) is 19.8. The van der Waals surface area contributed by atoms with E-state index < -0.39 is 6.04 Å². The van der Waals surface area contributed by atoms with Crippen molar-refractivity contribution in [2.24, 2.45) is 0 Å². The van der Waals surface area contributed by atoms with Gasteiger partial charge in [-0.15, -0.1) is 0 Å². The topological polar surface area (TPSA) is 49.4 Å². The Morgan fingerprint density at radius 3 is 1.73 bits per heavy atom. The Bertz CT molecular complexity index is 964. The molecule has 1 atom stereocenters. The molecule has 0 fully saturated rings. The average Bonchev–Trinajstić information content (AvgIpc) is 2.84. The van der Waals surface area contributed by atoms with Crippen LogP contribution in [0.25, 0.3) is 0 Å². The van der Waals surface area contributed by atoms with Crippen LogP contribution < -0.4 is 5.32 Å². The highest BCUT2D eigenvalue weighted by Gasteiger charge is 2.28. The molecular weight excluding hydrogens is 408 g/mol. The first kappa shape index (κ1) is 24.2. The van der Waals surface area contributed by atoms with E-state index >= 15 is 0 Å². The number of carbonyl (C=O) groups is 2. The fourth-order valence-corrected chi connectivity index (χ4v) is 4.07. The predicted molar refractivity (Wildman–Crippen MR) is 134 cm³/mol. The van der Waals surface area contributed by atoms with Crippen molar-refractivity contribution in [2.45, 2.75) is 51.6 Å². The zero-order valence-corrected chi connectivity index (χ0v) is 19.8. The smallest absolute Gasteiger partial charge is 0.242 e. The predicted octanol–water partition coefficient (Wildman–Crippen LogP) is 5.19. The third-order valence-corrected chi connectivity index (χ3v) is 5.87. The van der Waals surface area contributed by atoms with E-state index in [0.717, 1.165) is 16.7 Å². The fourth-order valence-electron chi connectivity index (χ4n) is 4.07. The first-order chi connectivity index (χ1) is 16.0. The number of nitrogens with one attached hydrogen (secondary N) is 1. The number of hydrogen-bond donors (Lipinski definition) is 1. The Labute approximate surface area is 197 Å². The van der Waals surface area contributed by atoms with Crippen LogP contribution in [0.2, 0.25) is 0 Å². The minimum atomic E-state index is -0.546. The van der Waals surface area contributed by atoms with Crippen molar-refractivity contribution in [2.75, 3.05) is 6.54 Å². The highest BCUT2D eigenvalue weighted by atomic mass is 16.2. The Morgan fingerprint density at radius 2 is 1.24 bits per heavy atom. The summed E-state index contributed by atoms with van der Waals surface area (Å²) in [6, 6.07) is 29.8. The van der Waals surface area contributed by atoms with Gasteiger partial charge in [-0.3, -0.25) is 9.59 Å². The summed E-state index contributed by atoms with van der Waals surface area (Å²) in [6.45, 7) is 6.18. The number of carbonyl (C=O) groups excluding carboxylic acids is 2. The lowest BCUT2D eigenvalue weighted by molar-refractivity contribution is -0.140. The van der Waals surface area contributed by atoms with Crippen LogP contribution in [0.3, 0.4) is 0 Å². The number of benzene rings is 3. The van der Waals surface area contributed by atoms with Crippen molar-refractivity contribution in [3.05, 3.63) is 108 Å². The second-order valence-electron chi connectivity index (χ2n) is 8.74. The van der Waals surface area contributed by atoms with Crippen molar-refractivity contribution in [1.82, 2.24) is 10.2 Å². The van der Waals surface area contributed by atoms with Crippen molar-refractivity contribution in [3.8, 4) is 0 Å². The molecule has 3 rings (SSSR count). The monoisotopic (exact) mass is 442 g/mol. The van der Waals surface area contributed by atoms with Gasteiger partial charge in [-0.25, -0.2) is 0 Å². The van der Waals surface area contributed by atoms with Gasteiger partial charge < -0.3 is 10.2 Å². The summed E-state index contributed by atoms with van der Waals surface area (Å²) in [5.41, 5.74) is 3.34. The molecule has 0 unspecified atom stereocenters. The molecule has 0 radical (unpaired) electrons. The summed E-state index contributed by atoms with van der Waals surface area (Å²) < 4.78 is 0. The van der Waals surface area contributed by atoms with Crippen LogP contribution >= 0.6 is 0 Å². The maximum Gasteiger partial charge on any atom is 0.242 e. The fraction of sp³-hybridized carbons (Fsp3) is 0.310. The number of rotatable bonds is 10. The molecule has 172 valence electrons. The molecule has 4 nitrogen and oxygen atoms in total. The Hall–Kier alpha value is -3.40. The summed E-state index contributed by atoms with van der Waals surface area (Å²) in [4.78, 5) is 28.3. The third kappa shape index (κ3) is 7.04. The molecule has 0 bridgehead atoms. The van der Waals surface area contributed by atoms with Crippen LogP contribution in [0.4, 0.5) is 0 Å². The maximum absolute atomic E-state index is 13.7. The normalized spacial score (nSPS) is 11.9. The van der Waals surface area contributed by atoms with E-state index in [0.29, 0.717) is 19.4 Å². The Morgan fingerprint density at radius 1 is 0.758 bits per heavy atom. The second-order valence-corrected chi connectivity index (χ2v) is 8.74. The Balaban J connectivity index is 1.85. The summed E-state index contributed by atoms with van der Waals surface area (Å²) in [7, 11) is 0. The van der Waals surface area contributed by atoms with Crippen LogP contribution in [0.5, 0.6) is 0 Å². The molecule has 0 aliphatic heterocycles. The van der Waals surface area contributed by atoms with Gasteiger partial charge in [-0.1, -0.05) is 91.0 Å². The molecule has 3 aromatic rings. The Kier molecular flexibility index (Phi) is 8.82. The summed E-state index contributed by atoms with van der Waals surface area (Å²) in [5.74, 6) is -0.211. The van der Waals surface area contributed by atoms with E-state index in [9.17, 15) is 9.59 Å². The SMILES string of the molecule is CC(C)NC(=O)[C@H](C)N(CCc1ccccc1)C(=O)CC(c1ccccc1)c1ccccc1. The highest BCUT2D eigenvalue weighted by Crippen LogP contribution is 2.29. The van der Waals surface area contributed by atoms with Crippen LogP contribution in [-0.4, -0.2) is 35.3 Å². The molecule has 2 amide bonds. The van der Waals surface area contributed by atoms with Gasteiger partial charge in [-0.05, 0) is 43.9 Å². The van der Waals surface area contributed by atoms with Gasteiger partial charge in [-0.2, -0.15) is 0 Å². The number of hydrogen-bond acceptors (Lipinski definition) is 2. The lowest BCUT2D eigenvalue weighted by Gasteiger charge is -2.31. The van der Waals surface area contributed by atoms with Crippen molar-refractivity contribution in [3.63, 3.8) is 0 Å². The minimum absolute atomic E-state index is 0.0185. The number of nitrogens with zero attached hydrogens (tertiary/aromatic N) is 1. The van der Waals surface area contributed by atoms with Gasteiger partial charge in [0.25, 0.3) is 0 Å². The van der Waals surface area contributed by atoms with Crippen LogP contribution in [-0.2, 0) is 16.0 Å². The quantitative estimate of drug-likeness (QED) is 0.470. The molecule has 0 saturated carbocycles.